The highest BCUT2D eigenvalue weighted by Gasteiger charge is 2.25. The lowest BCUT2D eigenvalue weighted by Gasteiger charge is -2.18. The van der Waals surface area contributed by atoms with Crippen LogP contribution >= 0.6 is 22.9 Å². The van der Waals surface area contributed by atoms with E-state index in [0.717, 1.165) is 30.4 Å². The SMILES string of the molecule is CCN(CC1CC1)c1nc(Cl)c(C=O)s1. The number of carbonyl (C=O) groups is 1. The standard InChI is InChI=1S/C10H13ClN2OS/c1-2-13(5-7-3-4-7)10-12-9(11)8(6-14)15-10/h6-7H,2-5H2,1H3. The van der Waals surface area contributed by atoms with Crippen molar-refractivity contribution in [3.05, 3.63) is 10.0 Å². The second kappa shape index (κ2) is 4.49. The number of nitrogens with zero attached hydrogens (tertiary/aromatic N) is 2. The van der Waals surface area contributed by atoms with E-state index in [1.54, 1.807) is 0 Å². The average Bonchev–Trinajstić information content (AvgIpc) is 2.98. The molecule has 15 heavy (non-hydrogen) atoms. The van der Waals surface area contributed by atoms with Gasteiger partial charge in [0.2, 0.25) is 0 Å². The molecule has 2 rings (SSSR count). The smallest absolute Gasteiger partial charge is 0.187 e. The van der Waals surface area contributed by atoms with Gasteiger partial charge in [0.1, 0.15) is 4.88 Å². The highest BCUT2D eigenvalue weighted by atomic mass is 35.5. The van der Waals surface area contributed by atoms with Crippen molar-refractivity contribution in [2.75, 3.05) is 18.0 Å². The summed E-state index contributed by atoms with van der Waals surface area (Å²) < 4.78 is 0. The minimum Gasteiger partial charge on any atom is -0.348 e. The first-order chi connectivity index (χ1) is 7.24. The van der Waals surface area contributed by atoms with Gasteiger partial charge in [0.25, 0.3) is 0 Å². The summed E-state index contributed by atoms with van der Waals surface area (Å²) in [6.07, 6.45) is 3.40. The van der Waals surface area contributed by atoms with Crippen LogP contribution in [0.1, 0.15) is 29.4 Å². The molecule has 1 aromatic rings. The Bertz CT molecular complexity index is 362. The van der Waals surface area contributed by atoms with Crippen LogP contribution in [0, 0.1) is 5.92 Å². The van der Waals surface area contributed by atoms with Crippen LogP contribution in [0.2, 0.25) is 5.15 Å². The molecule has 0 unspecified atom stereocenters. The molecule has 3 nitrogen and oxygen atoms in total. The average molecular weight is 245 g/mol. The van der Waals surface area contributed by atoms with Crippen LogP contribution in [0.3, 0.4) is 0 Å². The first-order valence-corrected chi connectivity index (χ1v) is 6.30. The van der Waals surface area contributed by atoms with Crippen LogP contribution in [0.15, 0.2) is 0 Å². The number of rotatable bonds is 5. The van der Waals surface area contributed by atoms with E-state index in [4.69, 9.17) is 11.6 Å². The summed E-state index contributed by atoms with van der Waals surface area (Å²) in [4.78, 5) is 17.6. The van der Waals surface area contributed by atoms with Gasteiger partial charge in [-0.15, -0.1) is 0 Å². The predicted octanol–water partition coefficient (Wildman–Crippen LogP) is 2.85. The summed E-state index contributed by atoms with van der Waals surface area (Å²) >= 11 is 7.22. The van der Waals surface area contributed by atoms with Crippen LogP contribution in [0.5, 0.6) is 0 Å². The van der Waals surface area contributed by atoms with Gasteiger partial charge in [0.05, 0.1) is 0 Å². The molecule has 1 aliphatic rings. The van der Waals surface area contributed by atoms with E-state index in [9.17, 15) is 4.79 Å². The number of anilines is 1. The summed E-state index contributed by atoms with van der Waals surface area (Å²) in [5, 5.41) is 1.20. The van der Waals surface area contributed by atoms with E-state index in [1.807, 2.05) is 0 Å². The zero-order valence-corrected chi connectivity index (χ0v) is 10.1. The summed E-state index contributed by atoms with van der Waals surface area (Å²) in [6.45, 7) is 4.05. The Labute approximate surface area is 98.1 Å². The van der Waals surface area contributed by atoms with Crippen molar-refractivity contribution in [2.24, 2.45) is 5.92 Å². The fourth-order valence-corrected chi connectivity index (χ4v) is 2.60. The van der Waals surface area contributed by atoms with Gasteiger partial charge in [-0.25, -0.2) is 4.98 Å². The van der Waals surface area contributed by atoms with Crippen LogP contribution in [0.4, 0.5) is 5.13 Å². The first kappa shape index (κ1) is 10.9. The van der Waals surface area contributed by atoms with Gasteiger partial charge in [-0.1, -0.05) is 22.9 Å². The van der Waals surface area contributed by atoms with Gasteiger partial charge in [-0.3, -0.25) is 4.79 Å². The zero-order valence-electron chi connectivity index (χ0n) is 8.57. The highest BCUT2D eigenvalue weighted by Crippen LogP contribution is 2.34. The molecule has 1 aromatic heterocycles. The van der Waals surface area contributed by atoms with Crippen molar-refractivity contribution < 1.29 is 4.79 Å². The van der Waals surface area contributed by atoms with E-state index in [0.29, 0.717) is 10.0 Å². The van der Waals surface area contributed by atoms with Crippen molar-refractivity contribution in [3.8, 4) is 0 Å². The molecule has 0 aromatic carbocycles. The molecule has 0 N–H and O–H groups in total. The van der Waals surface area contributed by atoms with E-state index in [1.165, 1.54) is 24.2 Å². The molecular weight excluding hydrogens is 232 g/mol. The van der Waals surface area contributed by atoms with Crippen LogP contribution in [-0.4, -0.2) is 24.4 Å². The Kier molecular flexibility index (Phi) is 3.26. The van der Waals surface area contributed by atoms with E-state index in [-0.39, 0.29) is 0 Å². The molecule has 1 fully saturated rings. The molecular formula is C10H13ClN2OS. The molecule has 0 aliphatic heterocycles. The summed E-state index contributed by atoms with van der Waals surface area (Å²) in [5.41, 5.74) is 0. The second-order valence-electron chi connectivity index (χ2n) is 3.75. The summed E-state index contributed by atoms with van der Waals surface area (Å²) in [6, 6.07) is 0. The number of halogens is 1. The third kappa shape index (κ3) is 2.49. The fourth-order valence-electron chi connectivity index (χ4n) is 1.46. The first-order valence-electron chi connectivity index (χ1n) is 5.11. The monoisotopic (exact) mass is 244 g/mol. The van der Waals surface area contributed by atoms with Crippen molar-refractivity contribution in [3.63, 3.8) is 0 Å². The fraction of sp³-hybridized carbons (Fsp3) is 0.600. The maximum Gasteiger partial charge on any atom is 0.187 e. The molecule has 0 amide bonds. The van der Waals surface area contributed by atoms with Gasteiger partial charge in [-0.05, 0) is 25.7 Å². The molecule has 0 bridgehead atoms. The number of thiazole rings is 1. The van der Waals surface area contributed by atoms with Gasteiger partial charge in [0.15, 0.2) is 16.6 Å². The third-order valence-electron chi connectivity index (χ3n) is 2.53. The van der Waals surface area contributed by atoms with Gasteiger partial charge >= 0.3 is 0 Å². The quantitative estimate of drug-likeness (QED) is 0.747. The number of aldehydes is 1. The number of aromatic nitrogens is 1. The van der Waals surface area contributed by atoms with E-state index in [2.05, 4.69) is 16.8 Å². The van der Waals surface area contributed by atoms with Gasteiger partial charge in [-0.2, -0.15) is 0 Å². The molecule has 0 atom stereocenters. The molecule has 0 radical (unpaired) electrons. The molecule has 82 valence electrons. The lowest BCUT2D eigenvalue weighted by molar-refractivity contribution is 0.112. The lowest BCUT2D eigenvalue weighted by atomic mass is 10.4. The topological polar surface area (TPSA) is 33.2 Å². The number of hydrogen-bond donors (Lipinski definition) is 0. The third-order valence-corrected chi connectivity index (χ3v) is 3.97. The van der Waals surface area contributed by atoms with Crippen molar-refractivity contribution in [1.29, 1.82) is 0 Å². The van der Waals surface area contributed by atoms with E-state index >= 15 is 0 Å². The number of hydrogen-bond acceptors (Lipinski definition) is 4. The lowest BCUT2D eigenvalue weighted by Crippen LogP contribution is -2.24. The van der Waals surface area contributed by atoms with Crippen LogP contribution in [-0.2, 0) is 0 Å². The Hall–Kier alpha value is -0.610. The van der Waals surface area contributed by atoms with Crippen molar-refractivity contribution >= 4 is 34.4 Å². The zero-order chi connectivity index (χ0) is 10.8. The Morgan fingerprint density at radius 1 is 1.67 bits per heavy atom. The molecule has 1 saturated carbocycles. The van der Waals surface area contributed by atoms with Crippen LogP contribution in [0.25, 0.3) is 0 Å². The minimum absolute atomic E-state index is 0.333. The number of carbonyl (C=O) groups excluding carboxylic acids is 1. The molecule has 0 saturated heterocycles. The van der Waals surface area contributed by atoms with E-state index < -0.39 is 0 Å². The Morgan fingerprint density at radius 2 is 2.40 bits per heavy atom. The molecule has 0 spiro atoms. The van der Waals surface area contributed by atoms with Gasteiger partial charge in [0, 0.05) is 13.1 Å². The largest absolute Gasteiger partial charge is 0.348 e. The molecule has 1 heterocycles. The summed E-state index contributed by atoms with van der Waals surface area (Å²) in [7, 11) is 0. The van der Waals surface area contributed by atoms with Crippen molar-refractivity contribution in [2.45, 2.75) is 19.8 Å². The molecule has 1 aliphatic carbocycles. The highest BCUT2D eigenvalue weighted by molar-refractivity contribution is 7.17. The minimum atomic E-state index is 0.333. The van der Waals surface area contributed by atoms with Gasteiger partial charge < -0.3 is 4.90 Å². The van der Waals surface area contributed by atoms with Crippen LogP contribution < -0.4 is 4.90 Å². The Morgan fingerprint density at radius 3 is 2.87 bits per heavy atom. The predicted molar refractivity (Wildman–Crippen MR) is 63.1 cm³/mol. The van der Waals surface area contributed by atoms with Crippen molar-refractivity contribution in [1.82, 2.24) is 4.98 Å². The maximum absolute atomic E-state index is 10.7. The second-order valence-corrected chi connectivity index (χ2v) is 5.12. The Balaban J connectivity index is 2.13. The summed E-state index contributed by atoms with van der Waals surface area (Å²) in [5.74, 6) is 0.812. The maximum atomic E-state index is 10.7. The normalized spacial score (nSPS) is 15.3. The molecule has 5 heteroatoms.